The summed E-state index contributed by atoms with van der Waals surface area (Å²) in [4.78, 5) is 35.5. The van der Waals surface area contributed by atoms with E-state index in [2.05, 4.69) is 20.8 Å². The van der Waals surface area contributed by atoms with Crippen LogP contribution in [0.3, 0.4) is 0 Å². The molecule has 2 aromatic heterocycles. The summed E-state index contributed by atoms with van der Waals surface area (Å²) in [6.07, 6.45) is 2.69. The lowest BCUT2D eigenvalue weighted by Gasteiger charge is -2.10. The van der Waals surface area contributed by atoms with Gasteiger partial charge in [-0.05, 0) is 12.0 Å². The highest BCUT2D eigenvalue weighted by Gasteiger charge is 2.21. The Balaban J connectivity index is 2.18. The molecule has 0 fully saturated rings. The number of amides is 2. The van der Waals surface area contributed by atoms with Crippen molar-refractivity contribution in [3.8, 4) is 0 Å². The fourth-order valence-corrected chi connectivity index (χ4v) is 2.14. The van der Waals surface area contributed by atoms with Crippen LogP contribution in [0.15, 0.2) is 18.5 Å². The predicted molar refractivity (Wildman–Crippen MR) is 88.2 cm³/mol. The number of rotatable bonds is 7. The molecule has 2 heterocycles. The third-order valence-electron chi connectivity index (χ3n) is 3.31. The number of carbonyl (C=O) groups excluding carboxylic acids is 2. The van der Waals surface area contributed by atoms with Crippen molar-refractivity contribution >= 4 is 23.5 Å². The third kappa shape index (κ3) is 4.43. The van der Waals surface area contributed by atoms with Crippen LogP contribution in [0, 0.1) is 5.92 Å². The number of nitrogens with zero attached hydrogens (tertiary/aromatic N) is 4. The lowest BCUT2D eigenvalue weighted by atomic mass is 10.2. The maximum Gasteiger partial charge on any atom is 0.325 e. The summed E-state index contributed by atoms with van der Waals surface area (Å²) < 4.78 is 2.42. The van der Waals surface area contributed by atoms with Crippen molar-refractivity contribution in [1.82, 2.24) is 24.9 Å². The maximum atomic E-state index is 12.4. The lowest BCUT2D eigenvalue weighted by Crippen LogP contribution is -2.30. The van der Waals surface area contributed by atoms with Gasteiger partial charge in [-0.2, -0.15) is 10.2 Å². The molecule has 10 nitrogen and oxygen atoms in total. The lowest BCUT2D eigenvalue weighted by molar-refractivity contribution is -0.137. The molecule has 0 aliphatic rings. The van der Waals surface area contributed by atoms with Crippen molar-refractivity contribution in [3.63, 3.8) is 0 Å². The first-order chi connectivity index (χ1) is 11.8. The van der Waals surface area contributed by atoms with Crippen molar-refractivity contribution in [1.29, 1.82) is 0 Å². The molecule has 2 aromatic rings. The second-order valence-corrected chi connectivity index (χ2v) is 5.86. The number of carboxylic acids is 1. The zero-order valence-electron chi connectivity index (χ0n) is 14.2. The Hall–Kier alpha value is -3.17. The molecular formula is C15H20N6O4. The molecule has 0 bridgehead atoms. The molecule has 134 valence electrons. The van der Waals surface area contributed by atoms with E-state index in [0.717, 1.165) is 4.68 Å². The number of hydrogen-bond acceptors (Lipinski definition) is 5. The quantitative estimate of drug-likeness (QED) is 0.661. The van der Waals surface area contributed by atoms with Gasteiger partial charge >= 0.3 is 5.97 Å². The van der Waals surface area contributed by atoms with Crippen LogP contribution in [0.25, 0.3) is 0 Å². The van der Waals surface area contributed by atoms with E-state index in [1.807, 2.05) is 13.8 Å². The van der Waals surface area contributed by atoms with Gasteiger partial charge in [-0.25, -0.2) is 4.68 Å². The first kappa shape index (κ1) is 18.2. The molecule has 0 atom stereocenters. The van der Waals surface area contributed by atoms with Gasteiger partial charge in [-0.15, -0.1) is 0 Å². The van der Waals surface area contributed by atoms with Crippen LogP contribution in [0.5, 0.6) is 0 Å². The molecule has 0 saturated heterocycles. The summed E-state index contributed by atoms with van der Waals surface area (Å²) in [5.74, 6) is -1.78. The number of aliphatic carboxylic acids is 1. The normalized spacial score (nSPS) is 10.7. The van der Waals surface area contributed by atoms with E-state index in [4.69, 9.17) is 5.11 Å². The Labute approximate surface area is 143 Å². The molecule has 0 saturated carbocycles. The molecule has 2 amide bonds. The molecule has 0 unspecified atom stereocenters. The van der Waals surface area contributed by atoms with E-state index in [1.54, 1.807) is 7.05 Å². The van der Waals surface area contributed by atoms with Gasteiger partial charge in [-0.1, -0.05) is 13.8 Å². The molecule has 0 radical (unpaired) electrons. The van der Waals surface area contributed by atoms with Crippen LogP contribution >= 0.6 is 0 Å². The SMILES string of the molecule is CC(C)CNC(=O)c1c(NC(=O)c2ccnn2CC(=O)O)cnn1C. The highest BCUT2D eigenvalue weighted by Crippen LogP contribution is 2.15. The second-order valence-electron chi connectivity index (χ2n) is 5.86. The average molecular weight is 348 g/mol. The second kappa shape index (κ2) is 7.60. The summed E-state index contributed by atoms with van der Waals surface area (Å²) in [6, 6.07) is 1.40. The average Bonchev–Trinajstić information content (AvgIpc) is 3.11. The van der Waals surface area contributed by atoms with E-state index in [0.29, 0.717) is 6.54 Å². The summed E-state index contributed by atoms with van der Waals surface area (Å²) in [7, 11) is 1.59. The number of carbonyl (C=O) groups is 3. The van der Waals surface area contributed by atoms with Crippen molar-refractivity contribution in [2.75, 3.05) is 11.9 Å². The first-order valence-corrected chi connectivity index (χ1v) is 7.64. The standard InChI is InChI=1S/C15H20N6O4/c1-9(2)6-16-15(25)13-10(7-18-20(13)3)19-14(24)11-4-5-17-21(11)8-12(22)23/h4-5,7,9H,6,8H2,1-3H3,(H,16,25)(H,19,24)(H,22,23). The monoisotopic (exact) mass is 348 g/mol. The Morgan fingerprint density at radius 3 is 2.60 bits per heavy atom. The Kier molecular flexibility index (Phi) is 5.52. The number of carboxylic acid groups (broad SMARTS) is 1. The van der Waals surface area contributed by atoms with Gasteiger partial charge in [0, 0.05) is 19.8 Å². The van der Waals surface area contributed by atoms with Crippen molar-refractivity contribution in [2.24, 2.45) is 13.0 Å². The Bertz CT molecular complexity index is 792. The molecular weight excluding hydrogens is 328 g/mol. The molecule has 0 aliphatic carbocycles. The van der Waals surface area contributed by atoms with E-state index in [-0.39, 0.29) is 28.9 Å². The zero-order valence-corrected chi connectivity index (χ0v) is 14.2. The minimum atomic E-state index is -1.12. The van der Waals surface area contributed by atoms with Crippen molar-refractivity contribution in [2.45, 2.75) is 20.4 Å². The van der Waals surface area contributed by atoms with Crippen LogP contribution in [-0.4, -0.2) is 49.0 Å². The van der Waals surface area contributed by atoms with Crippen LogP contribution in [0.4, 0.5) is 5.69 Å². The Morgan fingerprint density at radius 2 is 1.96 bits per heavy atom. The fraction of sp³-hybridized carbons (Fsp3) is 0.400. The zero-order chi connectivity index (χ0) is 18.6. The third-order valence-corrected chi connectivity index (χ3v) is 3.31. The molecule has 0 aliphatic heterocycles. The first-order valence-electron chi connectivity index (χ1n) is 7.64. The predicted octanol–water partition coefficient (Wildman–Crippen LogP) is 0.339. The molecule has 10 heteroatoms. The van der Waals surface area contributed by atoms with Crippen LogP contribution in [0.1, 0.15) is 34.8 Å². The summed E-state index contributed by atoms with van der Waals surface area (Å²) >= 11 is 0. The minimum Gasteiger partial charge on any atom is -0.480 e. The topological polar surface area (TPSA) is 131 Å². The van der Waals surface area contributed by atoms with Gasteiger partial charge in [0.05, 0.1) is 11.9 Å². The van der Waals surface area contributed by atoms with E-state index in [9.17, 15) is 14.4 Å². The van der Waals surface area contributed by atoms with Crippen LogP contribution in [-0.2, 0) is 18.4 Å². The molecule has 0 spiro atoms. The molecule has 0 aromatic carbocycles. The number of anilines is 1. The largest absolute Gasteiger partial charge is 0.480 e. The van der Waals surface area contributed by atoms with Gasteiger partial charge in [0.1, 0.15) is 17.9 Å². The summed E-state index contributed by atoms with van der Waals surface area (Å²) in [5.41, 5.74) is 0.509. The summed E-state index contributed by atoms with van der Waals surface area (Å²) in [6.45, 7) is 3.99. The van der Waals surface area contributed by atoms with Gasteiger partial charge in [-0.3, -0.25) is 19.1 Å². The van der Waals surface area contributed by atoms with Crippen molar-refractivity contribution < 1.29 is 19.5 Å². The molecule has 25 heavy (non-hydrogen) atoms. The minimum absolute atomic E-state index is 0.0693. The van der Waals surface area contributed by atoms with Crippen molar-refractivity contribution in [3.05, 3.63) is 29.8 Å². The highest BCUT2D eigenvalue weighted by atomic mass is 16.4. The summed E-state index contributed by atoms with van der Waals surface area (Å²) in [5, 5.41) is 22.0. The Morgan fingerprint density at radius 1 is 1.24 bits per heavy atom. The maximum absolute atomic E-state index is 12.4. The van der Waals surface area contributed by atoms with E-state index < -0.39 is 18.4 Å². The highest BCUT2D eigenvalue weighted by molar-refractivity contribution is 6.07. The van der Waals surface area contributed by atoms with E-state index in [1.165, 1.54) is 23.1 Å². The van der Waals surface area contributed by atoms with Crippen LogP contribution in [0.2, 0.25) is 0 Å². The fourth-order valence-electron chi connectivity index (χ4n) is 2.14. The number of nitrogens with one attached hydrogen (secondary N) is 2. The smallest absolute Gasteiger partial charge is 0.325 e. The van der Waals surface area contributed by atoms with Gasteiger partial charge < -0.3 is 15.7 Å². The van der Waals surface area contributed by atoms with E-state index >= 15 is 0 Å². The molecule has 2 rings (SSSR count). The molecule has 3 N–H and O–H groups in total. The van der Waals surface area contributed by atoms with Gasteiger partial charge in [0.2, 0.25) is 0 Å². The number of hydrogen-bond donors (Lipinski definition) is 3. The number of aromatic nitrogens is 4. The van der Waals surface area contributed by atoms with Gasteiger partial charge in [0.25, 0.3) is 11.8 Å². The van der Waals surface area contributed by atoms with Gasteiger partial charge in [0.15, 0.2) is 0 Å². The number of aryl methyl sites for hydroxylation is 1. The van der Waals surface area contributed by atoms with Crippen LogP contribution < -0.4 is 10.6 Å².